The molecule has 0 radical (unpaired) electrons. The van der Waals surface area contributed by atoms with E-state index in [0.29, 0.717) is 24.4 Å². The van der Waals surface area contributed by atoms with Gasteiger partial charge in [-0.25, -0.2) is 4.39 Å². The van der Waals surface area contributed by atoms with Gasteiger partial charge in [-0.3, -0.25) is 4.79 Å². The Morgan fingerprint density at radius 2 is 2.26 bits per heavy atom. The quantitative estimate of drug-likeness (QED) is 0.859. The fraction of sp³-hybridized carbons (Fsp3) is 0.500. The lowest BCUT2D eigenvalue weighted by molar-refractivity contribution is -0.119. The Labute approximate surface area is 112 Å². The van der Waals surface area contributed by atoms with E-state index >= 15 is 0 Å². The van der Waals surface area contributed by atoms with Crippen LogP contribution < -0.4 is 15.8 Å². The molecule has 4 nitrogen and oxygen atoms in total. The standard InChI is InChI=1S/C14H19FN2O2/c1-19-12-7-10(15)3-4-11(12)17-13(18)8-14(9-16)5-2-6-14/h3-4,7H,2,5-6,8-9,16H2,1H3,(H,17,18). The van der Waals surface area contributed by atoms with Gasteiger partial charge in [0.05, 0.1) is 12.8 Å². The number of benzene rings is 1. The second-order valence-electron chi connectivity index (χ2n) is 5.13. The Morgan fingerprint density at radius 3 is 2.79 bits per heavy atom. The van der Waals surface area contributed by atoms with Crippen LogP contribution in [0.1, 0.15) is 25.7 Å². The molecule has 0 atom stereocenters. The van der Waals surface area contributed by atoms with Crippen molar-refractivity contribution in [2.45, 2.75) is 25.7 Å². The SMILES string of the molecule is COc1cc(F)ccc1NC(=O)CC1(CN)CCC1. The summed E-state index contributed by atoms with van der Waals surface area (Å²) in [5.41, 5.74) is 6.17. The van der Waals surface area contributed by atoms with E-state index in [9.17, 15) is 9.18 Å². The highest BCUT2D eigenvalue weighted by Crippen LogP contribution is 2.43. The third-order valence-corrected chi connectivity index (χ3v) is 3.82. The van der Waals surface area contributed by atoms with Crippen LogP contribution in [0.5, 0.6) is 5.75 Å². The number of rotatable bonds is 5. The van der Waals surface area contributed by atoms with Gasteiger partial charge in [0.25, 0.3) is 0 Å². The minimum atomic E-state index is -0.396. The molecule has 0 unspecified atom stereocenters. The van der Waals surface area contributed by atoms with E-state index in [1.807, 2.05) is 0 Å². The molecule has 1 aliphatic carbocycles. The Morgan fingerprint density at radius 1 is 1.53 bits per heavy atom. The van der Waals surface area contributed by atoms with E-state index in [1.165, 1.54) is 25.3 Å². The van der Waals surface area contributed by atoms with Gasteiger partial charge in [0.2, 0.25) is 5.91 Å². The van der Waals surface area contributed by atoms with Gasteiger partial charge in [-0.15, -0.1) is 0 Å². The van der Waals surface area contributed by atoms with Crippen molar-refractivity contribution in [3.63, 3.8) is 0 Å². The van der Waals surface area contributed by atoms with Gasteiger partial charge in [-0.1, -0.05) is 6.42 Å². The van der Waals surface area contributed by atoms with Crippen molar-refractivity contribution in [1.82, 2.24) is 0 Å². The van der Waals surface area contributed by atoms with Gasteiger partial charge in [0, 0.05) is 12.5 Å². The molecule has 3 N–H and O–H groups in total. The zero-order valence-corrected chi connectivity index (χ0v) is 11.0. The number of amides is 1. The van der Waals surface area contributed by atoms with Crippen LogP contribution in [0.3, 0.4) is 0 Å². The summed E-state index contributed by atoms with van der Waals surface area (Å²) in [5, 5.41) is 2.76. The predicted octanol–water partition coefficient (Wildman–Crippen LogP) is 2.29. The second kappa shape index (κ2) is 5.57. The minimum absolute atomic E-state index is 0.0443. The number of nitrogens with one attached hydrogen (secondary N) is 1. The summed E-state index contributed by atoms with van der Waals surface area (Å²) in [6.07, 6.45) is 3.53. The number of anilines is 1. The fourth-order valence-corrected chi connectivity index (χ4v) is 2.43. The summed E-state index contributed by atoms with van der Waals surface area (Å²) >= 11 is 0. The maximum absolute atomic E-state index is 13.1. The van der Waals surface area contributed by atoms with E-state index in [-0.39, 0.29) is 11.3 Å². The number of methoxy groups -OCH3 is 1. The molecule has 0 aromatic heterocycles. The number of nitrogens with two attached hydrogens (primary N) is 1. The van der Waals surface area contributed by atoms with Crippen LogP contribution in [0.4, 0.5) is 10.1 Å². The number of carbonyl (C=O) groups excluding carboxylic acids is 1. The van der Waals surface area contributed by atoms with Crippen molar-refractivity contribution in [2.75, 3.05) is 19.0 Å². The van der Waals surface area contributed by atoms with Crippen molar-refractivity contribution >= 4 is 11.6 Å². The maximum atomic E-state index is 13.1. The molecule has 5 heteroatoms. The molecule has 1 aromatic rings. The van der Waals surface area contributed by atoms with Crippen LogP contribution in [0, 0.1) is 11.2 Å². The molecule has 0 saturated heterocycles. The first-order valence-corrected chi connectivity index (χ1v) is 6.42. The largest absolute Gasteiger partial charge is 0.494 e. The Balaban J connectivity index is 2.02. The highest BCUT2D eigenvalue weighted by molar-refractivity contribution is 5.92. The molecule has 0 bridgehead atoms. The van der Waals surface area contributed by atoms with Crippen LogP contribution in [0.2, 0.25) is 0 Å². The normalized spacial score (nSPS) is 16.6. The molecule has 104 valence electrons. The second-order valence-corrected chi connectivity index (χ2v) is 5.13. The Hall–Kier alpha value is -1.62. The number of hydrogen-bond donors (Lipinski definition) is 2. The van der Waals surface area contributed by atoms with E-state index in [1.54, 1.807) is 0 Å². The molecule has 1 fully saturated rings. The van der Waals surface area contributed by atoms with Gasteiger partial charge in [-0.05, 0) is 36.9 Å². The van der Waals surface area contributed by atoms with Crippen LogP contribution >= 0.6 is 0 Å². The highest BCUT2D eigenvalue weighted by atomic mass is 19.1. The van der Waals surface area contributed by atoms with Crippen molar-refractivity contribution in [2.24, 2.45) is 11.1 Å². The fourth-order valence-electron chi connectivity index (χ4n) is 2.43. The van der Waals surface area contributed by atoms with Gasteiger partial charge in [0.1, 0.15) is 11.6 Å². The first-order chi connectivity index (χ1) is 9.08. The van der Waals surface area contributed by atoms with Crippen LogP contribution in [0.15, 0.2) is 18.2 Å². The zero-order chi connectivity index (χ0) is 13.9. The first-order valence-electron chi connectivity index (χ1n) is 6.42. The van der Waals surface area contributed by atoms with E-state index in [0.717, 1.165) is 19.3 Å². The van der Waals surface area contributed by atoms with Gasteiger partial charge in [-0.2, -0.15) is 0 Å². The van der Waals surface area contributed by atoms with E-state index < -0.39 is 5.82 Å². The number of carbonyl (C=O) groups is 1. The summed E-state index contributed by atoms with van der Waals surface area (Å²) in [5.74, 6) is -0.175. The van der Waals surface area contributed by atoms with Crippen molar-refractivity contribution in [3.8, 4) is 5.75 Å². The Kier molecular flexibility index (Phi) is 4.04. The minimum Gasteiger partial charge on any atom is -0.494 e. The highest BCUT2D eigenvalue weighted by Gasteiger charge is 2.37. The predicted molar refractivity (Wildman–Crippen MR) is 71.5 cm³/mol. The van der Waals surface area contributed by atoms with Gasteiger partial charge in [0.15, 0.2) is 0 Å². The van der Waals surface area contributed by atoms with Crippen LogP contribution in [-0.4, -0.2) is 19.6 Å². The monoisotopic (exact) mass is 266 g/mol. The van der Waals surface area contributed by atoms with Crippen molar-refractivity contribution < 1.29 is 13.9 Å². The lowest BCUT2D eigenvalue weighted by Crippen LogP contribution is -2.40. The van der Waals surface area contributed by atoms with Gasteiger partial charge >= 0.3 is 0 Å². The number of hydrogen-bond acceptors (Lipinski definition) is 3. The zero-order valence-electron chi connectivity index (χ0n) is 11.0. The average Bonchev–Trinajstić information content (AvgIpc) is 2.36. The molecule has 19 heavy (non-hydrogen) atoms. The third-order valence-electron chi connectivity index (χ3n) is 3.82. The third kappa shape index (κ3) is 3.04. The molecule has 1 aromatic carbocycles. The van der Waals surface area contributed by atoms with Crippen LogP contribution in [-0.2, 0) is 4.79 Å². The lowest BCUT2D eigenvalue weighted by Gasteiger charge is -2.40. The number of ether oxygens (including phenoxy) is 1. The summed E-state index contributed by atoms with van der Waals surface area (Å²) in [4.78, 5) is 12.0. The molecule has 2 rings (SSSR count). The van der Waals surface area contributed by atoms with Gasteiger partial charge < -0.3 is 15.8 Å². The molecule has 0 aliphatic heterocycles. The molecule has 1 saturated carbocycles. The smallest absolute Gasteiger partial charge is 0.225 e. The Bertz CT molecular complexity index is 467. The van der Waals surface area contributed by atoms with E-state index in [2.05, 4.69) is 5.32 Å². The topological polar surface area (TPSA) is 64.3 Å². The summed E-state index contributed by atoms with van der Waals surface area (Å²) in [6, 6.07) is 4.04. The molecule has 1 amide bonds. The van der Waals surface area contributed by atoms with E-state index in [4.69, 9.17) is 10.5 Å². The molecule has 0 spiro atoms. The number of halogens is 1. The molecular formula is C14H19FN2O2. The lowest BCUT2D eigenvalue weighted by atomic mass is 9.66. The average molecular weight is 266 g/mol. The van der Waals surface area contributed by atoms with Crippen molar-refractivity contribution in [3.05, 3.63) is 24.0 Å². The molecular weight excluding hydrogens is 247 g/mol. The van der Waals surface area contributed by atoms with Crippen molar-refractivity contribution in [1.29, 1.82) is 0 Å². The van der Waals surface area contributed by atoms with Crippen LogP contribution in [0.25, 0.3) is 0 Å². The summed E-state index contributed by atoms with van der Waals surface area (Å²) in [6.45, 7) is 0.529. The molecule has 1 aliphatic rings. The maximum Gasteiger partial charge on any atom is 0.225 e. The summed E-state index contributed by atoms with van der Waals surface area (Å²) in [7, 11) is 1.44. The molecule has 0 heterocycles. The first kappa shape index (κ1) is 13.8. The summed E-state index contributed by atoms with van der Waals surface area (Å²) < 4.78 is 18.1.